The van der Waals surface area contributed by atoms with Crippen LogP contribution in [0.15, 0.2) is 24.3 Å². The van der Waals surface area contributed by atoms with Gasteiger partial charge < -0.3 is 14.6 Å². The van der Waals surface area contributed by atoms with Crippen molar-refractivity contribution in [3.05, 3.63) is 35.4 Å². The summed E-state index contributed by atoms with van der Waals surface area (Å²) in [6, 6.07) is 8.56. The number of aliphatic hydroxyl groups is 1. The molecule has 1 spiro atoms. The Bertz CT molecular complexity index is 521. The van der Waals surface area contributed by atoms with Crippen LogP contribution in [0.3, 0.4) is 0 Å². The Kier molecular flexibility index (Phi) is 3.32. The van der Waals surface area contributed by atoms with E-state index in [2.05, 4.69) is 24.3 Å². The second kappa shape index (κ2) is 5.08. The first kappa shape index (κ1) is 13.7. The summed E-state index contributed by atoms with van der Waals surface area (Å²) in [4.78, 5) is 0. The third-order valence-electron chi connectivity index (χ3n) is 5.76. The first-order valence-corrected chi connectivity index (χ1v) is 8.20. The number of benzene rings is 1. The van der Waals surface area contributed by atoms with E-state index in [1.807, 2.05) is 0 Å². The van der Waals surface area contributed by atoms with E-state index in [0.717, 1.165) is 51.7 Å². The fraction of sp³-hybridized carbons (Fsp3) is 0.667. The van der Waals surface area contributed by atoms with Crippen LogP contribution in [0, 0.1) is 5.92 Å². The monoisotopic (exact) mass is 288 g/mol. The molecule has 0 amide bonds. The minimum atomic E-state index is -0.562. The fourth-order valence-electron chi connectivity index (χ4n) is 4.44. The van der Waals surface area contributed by atoms with E-state index in [0.29, 0.717) is 12.5 Å². The first-order chi connectivity index (χ1) is 10.2. The van der Waals surface area contributed by atoms with Gasteiger partial charge in [-0.15, -0.1) is 0 Å². The molecule has 0 saturated carbocycles. The van der Waals surface area contributed by atoms with Crippen LogP contribution < -0.4 is 0 Å². The van der Waals surface area contributed by atoms with Gasteiger partial charge in [-0.25, -0.2) is 0 Å². The van der Waals surface area contributed by atoms with Crippen molar-refractivity contribution in [1.82, 2.24) is 0 Å². The molecule has 3 aliphatic rings. The maximum Gasteiger partial charge on any atom is 0.0940 e. The molecule has 1 aliphatic carbocycles. The highest BCUT2D eigenvalue weighted by Crippen LogP contribution is 2.44. The number of fused-ring (bicyclic) bond motifs is 1. The number of hydrogen-bond acceptors (Lipinski definition) is 3. The Hall–Kier alpha value is -0.900. The average molecular weight is 288 g/mol. The normalized spacial score (nSPS) is 39.4. The molecule has 0 bridgehead atoms. The standard InChI is InChI=1S/C18H24O3/c19-18(7-5-14-3-1-2-4-15(14)11-18)16-6-9-21-17(12-16)8-10-20-13-17/h1-4,16,19H,5-13H2. The number of ether oxygens (including phenoxy) is 2. The number of hydrogen-bond donors (Lipinski definition) is 1. The van der Waals surface area contributed by atoms with Gasteiger partial charge in [0, 0.05) is 26.1 Å². The summed E-state index contributed by atoms with van der Waals surface area (Å²) in [5.74, 6) is 0.335. The van der Waals surface area contributed by atoms with Crippen molar-refractivity contribution < 1.29 is 14.6 Å². The molecule has 3 heteroatoms. The SMILES string of the molecule is OC1(C2CCOC3(CCOC3)C2)CCc2ccccc2C1. The molecular formula is C18H24O3. The molecule has 2 saturated heterocycles. The molecule has 1 aromatic rings. The second-order valence-corrected chi connectivity index (χ2v) is 7.07. The van der Waals surface area contributed by atoms with Gasteiger partial charge in [0.25, 0.3) is 0 Å². The van der Waals surface area contributed by atoms with Gasteiger partial charge in [-0.1, -0.05) is 24.3 Å². The molecule has 21 heavy (non-hydrogen) atoms. The molecule has 2 heterocycles. The molecule has 4 rings (SSSR count). The Morgan fingerprint density at radius 1 is 1.10 bits per heavy atom. The molecule has 3 nitrogen and oxygen atoms in total. The third-order valence-corrected chi connectivity index (χ3v) is 5.76. The van der Waals surface area contributed by atoms with Crippen LogP contribution in [-0.4, -0.2) is 36.1 Å². The zero-order chi connectivity index (χ0) is 14.3. The van der Waals surface area contributed by atoms with Gasteiger partial charge in [0.05, 0.1) is 17.8 Å². The minimum absolute atomic E-state index is 0.115. The van der Waals surface area contributed by atoms with Crippen LogP contribution in [0.4, 0.5) is 0 Å². The first-order valence-electron chi connectivity index (χ1n) is 8.20. The lowest BCUT2D eigenvalue weighted by atomic mass is 9.68. The fourth-order valence-corrected chi connectivity index (χ4v) is 4.44. The lowest BCUT2D eigenvalue weighted by Crippen LogP contribution is -2.51. The molecule has 1 N–H and O–H groups in total. The lowest BCUT2D eigenvalue weighted by molar-refractivity contribution is -0.146. The Morgan fingerprint density at radius 3 is 2.76 bits per heavy atom. The number of aryl methyl sites for hydroxylation is 1. The smallest absolute Gasteiger partial charge is 0.0940 e. The molecule has 2 aliphatic heterocycles. The quantitative estimate of drug-likeness (QED) is 0.863. The van der Waals surface area contributed by atoms with Crippen LogP contribution in [0.25, 0.3) is 0 Å². The predicted molar refractivity (Wildman–Crippen MR) is 80.3 cm³/mol. The number of rotatable bonds is 1. The van der Waals surface area contributed by atoms with E-state index in [-0.39, 0.29) is 5.60 Å². The second-order valence-electron chi connectivity index (χ2n) is 7.07. The molecule has 2 fully saturated rings. The van der Waals surface area contributed by atoms with Crippen LogP contribution in [-0.2, 0) is 22.3 Å². The van der Waals surface area contributed by atoms with E-state index >= 15 is 0 Å². The zero-order valence-corrected chi connectivity index (χ0v) is 12.5. The van der Waals surface area contributed by atoms with E-state index in [4.69, 9.17) is 9.47 Å². The summed E-state index contributed by atoms with van der Waals surface area (Å²) in [5.41, 5.74) is 2.06. The highest BCUT2D eigenvalue weighted by Gasteiger charge is 2.48. The van der Waals surface area contributed by atoms with E-state index in [9.17, 15) is 5.11 Å². The van der Waals surface area contributed by atoms with Gasteiger partial charge in [0.2, 0.25) is 0 Å². The van der Waals surface area contributed by atoms with Gasteiger partial charge in [-0.3, -0.25) is 0 Å². The van der Waals surface area contributed by atoms with Gasteiger partial charge in [-0.05, 0) is 42.7 Å². The van der Waals surface area contributed by atoms with Gasteiger partial charge >= 0.3 is 0 Å². The molecule has 0 aromatic heterocycles. The molecule has 3 atom stereocenters. The van der Waals surface area contributed by atoms with Crippen molar-refractivity contribution in [3.63, 3.8) is 0 Å². The van der Waals surface area contributed by atoms with E-state index in [1.54, 1.807) is 0 Å². The average Bonchev–Trinajstić information content (AvgIpc) is 2.95. The van der Waals surface area contributed by atoms with Crippen molar-refractivity contribution in [2.24, 2.45) is 5.92 Å². The molecule has 3 unspecified atom stereocenters. The largest absolute Gasteiger partial charge is 0.389 e. The minimum Gasteiger partial charge on any atom is -0.389 e. The Labute approximate surface area is 126 Å². The summed E-state index contributed by atoms with van der Waals surface area (Å²) < 4.78 is 11.6. The Balaban J connectivity index is 1.55. The summed E-state index contributed by atoms with van der Waals surface area (Å²) in [7, 11) is 0. The maximum absolute atomic E-state index is 11.3. The lowest BCUT2D eigenvalue weighted by Gasteiger charge is -2.46. The highest BCUT2D eigenvalue weighted by molar-refractivity contribution is 5.32. The van der Waals surface area contributed by atoms with Gasteiger partial charge in [0.15, 0.2) is 0 Å². The predicted octanol–water partition coefficient (Wildman–Crippen LogP) is 2.49. The van der Waals surface area contributed by atoms with Crippen molar-refractivity contribution in [3.8, 4) is 0 Å². The molecule has 0 radical (unpaired) electrons. The maximum atomic E-state index is 11.3. The molecule has 1 aromatic carbocycles. The van der Waals surface area contributed by atoms with Crippen LogP contribution in [0.5, 0.6) is 0 Å². The van der Waals surface area contributed by atoms with E-state index < -0.39 is 5.60 Å². The zero-order valence-electron chi connectivity index (χ0n) is 12.5. The van der Waals surface area contributed by atoms with Gasteiger partial charge in [-0.2, -0.15) is 0 Å². The molecular weight excluding hydrogens is 264 g/mol. The van der Waals surface area contributed by atoms with Crippen molar-refractivity contribution in [2.45, 2.75) is 49.7 Å². The summed E-state index contributed by atoms with van der Waals surface area (Å²) in [5, 5.41) is 11.3. The highest BCUT2D eigenvalue weighted by atomic mass is 16.6. The van der Waals surface area contributed by atoms with Crippen LogP contribution >= 0.6 is 0 Å². The van der Waals surface area contributed by atoms with Crippen molar-refractivity contribution in [2.75, 3.05) is 19.8 Å². The molecule has 114 valence electrons. The van der Waals surface area contributed by atoms with Crippen molar-refractivity contribution in [1.29, 1.82) is 0 Å². The van der Waals surface area contributed by atoms with Crippen LogP contribution in [0.1, 0.15) is 36.8 Å². The van der Waals surface area contributed by atoms with Crippen LogP contribution in [0.2, 0.25) is 0 Å². The third kappa shape index (κ3) is 2.41. The van der Waals surface area contributed by atoms with E-state index in [1.165, 1.54) is 11.1 Å². The summed E-state index contributed by atoms with van der Waals surface area (Å²) in [6.45, 7) is 2.27. The summed E-state index contributed by atoms with van der Waals surface area (Å²) >= 11 is 0. The topological polar surface area (TPSA) is 38.7 Å². The Morgan fingerprint density at radius 2 is 1.95 bits per heavy atom. The van der Waals surface area contributed by atoms with Crippen molar-refractivity contribution >= 4 is 0 Å². The summed E-state index contributed by atoms with van der Waals surface area (Å²) in [6.07, 6.45) is 5.58. The van der Waals surface area contributed by atoms with Gasteiger partial charge in [0.1, 0.15) is 0 Å².